The SMILES string of the molecule is N#CC1(CNC(=O)O)CCC(CS(=O)O)CC1. The van der Waals surface area contributed by atoms with Crippen LogP contribution >= 0.6 is 0 Å². The predicted octanol–water partition coefficient (Wildman–Crippen LogP) is 1.18. The first-order chi connectivity index (χ1) is 7.97. The van der Waals surface area contributed by atoms with Gasteiger partial charge in [0, 0.05) is 6.54 Å². The Morgan fingerprint density at radius 1 is 1.53 bits per heavy atom. The summed E-state index contributed by atoms with van der Waals surface area (Å²) in [7, 11) is 0. The van der Waals surface area contributed by atoms with Crippen molar-refractivity contribution < 1.29 is 18.7 Å². The van der Waals surface area contributed by atoms with Crippen molar-refractivity contribution in [2.75, 3.05) is 12.3 Å². The molecule has 0 aromatic heterocycles. The van der Waals surface area contributed by atoms with Crippen molar-refractivity contribution in [3.63, 3.8) is 0 Å². The van der Waals surface area contributed by atoms with E-state index in [-0.39, 0.29) is 18.2 Å². The van der Waals surface area contributed by atoms with Gasteiger partial charge in [0.1, 0.15) is 0 Å². The van der Waals surface area contributed by atoms with Crippen molar-refractivity contribution >= 4 is 17.2 Å². The van der Waals surface area contributed by atoms with Gasteiger partial charge in [-0.25, -0.2) is 9.00 Å². The zero-order valence-corrected chi connectivity index (χ0v) is 10.2. The number of rotatable bonds is 4. The van der Waals surface area contributed by atoms with Crippen LogP contribution in [0.5, 0.6) is 0 Å². The van der Waals surface area contributed by atoms with Crippen LogP contribution in [0.1, 0.15) is 25.7 Å². The third kappa shape index (κ3) is 4.32. The minimum atomic E-state index is -1.79. The molecule has 0 spiro atoms. The number of hydrogen-bond donors (Lipinski definition) is 3. The summed E-state index contributed by atoms with van der Waals surface area (Å²) < 4.78 is 19.5. The summed E-state index contributed by atoms with van der Waals surface area (Å²) in [6.45, 7) is 0.133. The van der Waals surface area contributed by atoms with Crippen molar-refractivity contribution in [1.82, 2.24) is 5.32 Å². The monoisotopic (exact) mass is 260 g/mol. The molecule has 1 saturated carbocycles. The Balaban J connectivity index is 2.48. The zero-order valence-electron chi connectivity index (χ0n) is 9.39. The Morgan fingerprint density at radius 3 is 2.53 bits per heavy atom. The topological polar surface area (TPSA) is 110 Å². The van der Waals surface area contributed by atoms with Crippen LogP contribution in [-0.4, -0.2) is 32.3 Å². The Morgan fingerprint density at radius 2 is 2.12 bits per heavy atom. The second-order valence-corrected chi connectivity index (χ2v) is 5.46. The van der Waals surface area contributed by atoms with Crippen LogP contribution < -0.4 is 5.32 Å². The molecular formula is C10H16N2O4S. The van der Waals surface area contributed by atoms with Gasteiger partial charge in [-0.05, 0) is 31.6 Å². The van der Waals surface area contributed by atoms with Gasteiger partial charge >= 0.3 is 6.09 Å². The van der Waals surface area contributed by atoms with E-state index in [4.69, 9.17) is 14.9 Å². The lowest BCUT2D eigenvalue weighted by molar-refractivity contribution is 0.176. The van der Waals surface area contributed by atoms with Gasteiger partial charge < -0.3 is 15.0 Å². The molecular weight excluding hydrogens is 244 g/mol. The summed E-state index contributed by atoms with van der Waals surface area (Å²) in [5.74, 6) is 0.403. The standard InChI is InChI=1S/C10H16N2O4S/c11-6-10(7-12-9(13)14)3-1-8(2-4-10)5-17(15)16/h8,12H,1-5,7H2,(H,13,14)(H,15,16). The molecule has 0 heterocycles. The van der Waals surface area contributed by atoms with Gasteiger partial charge in [0.25, 0.3) is 0 Å². The Hall–Kier alpha value is -1.13. The molecule has 17 heavy (non-hydrogen) atoms. The summed E-state index contributed by atoms with van der Waals surface area (Å²) in [5, 5.41) is 19.9. The van der Waals surface area contributed by atoms with E-state index in [1.54, 1.807) is 0 Å². The van der Waals surface area contributed by atoms with Crippen LogP contribution in [0.3, 0.4) is 0 Å². The van der Waals surface area contributed by atoms with Gasteiger partial charge in [0.05, 0.1) is 17.2 Å². The van der Waals surface area contributed by atoms with E-state index in [9.17, 15) is 9.00 Å². The fraction of sp³-hybridized carbons (Fsp3) is 0.800. The van der Waals surface area contributed by atoms with Crippen LogP contribution in [0.25, 0.3) is 0 Å². The smallest absolute Gasteiger partial charge is 0.404 e. The fourth-order valence-corrected chi connectivity index (χ4v) is 2.91. The Labute approximate surface area is 102 Å². The molecule has 1 unspecified atom stereocenters. The van der Waals surface area contributed by atoms with E-state index in [0.29, 0.717) is 25.7 Å². The number of carboxylic acid groups (broad SMARTS) is 1. The first-order valence-electron chi connectivity index (χ1n) is 5.43. The summed E-state index contributed by atoms with van der Waals surface area (Å²) >= 11 is -1.79. The van der Waals surface area contributed by atoms with E-state index >= 15 is 0 Å². The third-order valence-electron chi connectivity index (χ3n) is 3.26. The minimum absolute atomic E-state index is 0.133. The van der Waals surface area contributed by atoms with Gasteiger partial charge in [0.15, 0.2) is 11.1 Å². The van der Waals surface area contributed by atoms with E-state index in [1.807, 2.05) is 0 Å². The number of amides is 1. The molecule has 0 aromatic rings. The normalized spacial score (nSPS) is 30.2. The highest BCUT2D eigenvalue weighted by atomic mass is 32.2. The lowest BCUT2D eigenvalue weighted by Gasteiger charge is -2.34. The fourth-order valence-electron chi connectivity index (χ4n) is 2.17. The highest BCUT2D eigenvalue weighted by Crippen LogP contribution is 2.38. The Kier molecular flexibility index (Phi) is 4.90. The molecule has 0 saturated heterocycles. The van der Waals surface area contributed by atoms with Crippen molar-refractivity contribution in [1.29, 1.82) is 5.26 Å². The summed E-state index contributed by atoms with van der Waals surface area (Å²) in [6.07, 6.45) is 1.41. The molecule has 1 amide bonds. The van der Waals surface area contributed by atoms with Gasteiger partial charge in [0.2, 0.25) is 0 Å². The molecule has 7 heteroatoms. The molecule has 1 atom stereocenters. The molecule has 0 aliphatic heterocycles. The second kappa shape index (κ2) is 5.98. The molecule has 1 aliphatic rings. The highest BCUT2D eigenvalue weighted by molar-refractivity contribution is 7.79. The van der Waals surface area contributed by atoms with Crippen LogP contribution in [0, 0.1) is 22.7 Å². The quantitative estimate of drug-likeness (QED) is 0.657. The zero-order chi connectivity index (χ0) is 12.9. The average Bonchev–Trinajstić information content (AvgIpc) is 2.28. The summed E-state index contributed by atoms with van der Waals surface area (Å²) in [4.78, 5) is 10.4. The van der Waals surface area contributed by atoms with Crippen LogP contribution in [0.2, 0.25) is 0 Å². The van der Waals surface area contributed by atoms with Crippen LogP contribution in [-0.2, 0) is 11.1 Å². The van der Waals surface area contributed by atoms with Crippen LogP contribution in [0.15, 0.2) is 0 Å². The number of carbonyl (C=O) groups is 1. The van der Waals surface area contributed by atoms with Crippen molar-refractivity contribution in [2.45, 2.75) is 25.7 Å². The van der Waals surface area contributed by atoms with E-state index in [1.165, 1.54) is 0 Å². The molecule has 1 rings (SSSR count). The molecule has 1 aliphatic carbocycles. The largest absolute Gasteiger partial charge is 0.465 e. The molecule has 3 N–H and O–H groups in total. The van der Waals surface area contributed by atoms with Gasteiger partial charge in [-0.1, -0.05) is 0 Å². The van der Waals surface area contributed by atoms with Crippen molar-refractivity contribution in [3.05, 3.63) is 0 Å². The second-order valence-electron chi connectivity index (χ2n) is 4.48. The number of hydrogen-bond acceptors (Lipinski definition) is 3. The molecule has 96 valence electrons. The minimum Gasteiger partial charge on any atom is -0.465 e. The van der Waals surface area contributed by atoms with Crippen molar-refractivity contribution in [3.8, 4) is 6.07 Å². The molecule has 0 radical (unpaired) electrons. The Bertz CT molecular complexity index is 345. The first kappa shape index (κ1) is 13.9. The van der Waals surface area contributed by atoms with E-state index in [0.717, 1.165) is 0 Å². The first-order valence-corrected chi connectivity index (χ1v) is 6.70. The van der Waals surface area contributed by atoms with E-state index < -0.39 is 22.6 Å². The van der Waals surface area contributed by atoms with Gasteiger partial charge in [-0.3, -0.25) is 0 Å². The number of nitrogens with one attached hydrogen (secondary N) is 1. The predicted molar refractivity (Wildman–Crippen MR) is 61.7 cm³/mol. The number of nitrogens with zero attached hydrogens (tertiary/aromatic N) is 1. The highest BCUT2D eigenvalue weighted by Gasteiger charge is 2.36. The molecule has 0 bridgehead atoms. The average molecular weight is 260 g/mol. The maximum Gasteiger partial charge on any atom is 0.404 e. The summed E-state index contributed by atoms with van der Waals surface area (Å²) in [6, 6.07) is 2.18. The lowest BCUT2D eigenvalue weighted by atomic mass is 9.72. The third-order valence-corrected chi connectivity index (χ3v) is 4.01. The molecule has 1 fully saturated rings. The summed E-state index contributed by atoms with van der Waals surface area (Å²) in [5.41, 5.74) is -0.647. The maximum atomic E-state index is 10.7. The van der Waals surface area contributed by atoms with Gasteiger partial charge in [-0.15, -0.1) is 0 Å². The van der Waals surface area contributed by atoms with Crippen LogP contribution in [0.4, 0.5) is 4.79 Å². The lowest BCUT2D eigenvalue weighted by Crippen LogP contribution is -2.39. The van der Waals surface area contributed by atoms with E-state index in [2.05, 4.69) is 11.4 Å². The molecule has 0 aromatic carbocycles. The van der Waals surface area contributed by atoms with Crippen molar-refractivity contribution in [2.24, 2.45) is 11.3 Å². The maximum absolute atomic E-state index is 10.7. The number of nitriles is 1. The molecule has 6 nitrogen and oxygen atoms in total. The van der Waals surface area contributed by atoms with Gasteiger partial charge in [-0.2, -0.15) is 5.26 Å².